The Morgan fingerprint density at radius 3 is 2.67 bits per heavy atom. The number of piperidine rings is 1. The van der Waals surface area contributed by atoms with Crippen molar-refractivity contribution in [3.63, 3.8) is 0 Å². The highest BCUT2D eigenvalue weighted by Crippen LogP contribution is 2.17. The van der Waals surface area contributed by atoms with Gasteiger partial charge in [-0.25, -0.2) is 0 Å². The van der Waals surface area contributed by atoms with Crippen LogP contribution in [0.25, 0.3) is 0 Å². The van der Waals surface area contributed by atoms with Crippen molar-refractivity contribution < 1.29 is 14.3 Å². The van der Waals surface area contributed by atoms with Gasteiger partial charge in [0.05, 0.1) is 6.20 Å². The lowest BCUT2D eigenvalue weighted by Gasteiger charge is -2.32. The Balaban J connectivity index is 1.57. The summed E-state index contributed by atoms with van der Waals surface area (Å²) in [5.41, 5.74) is 2.54. The number of carbonyl (C=O) groups is 2. The molecule has 1 fully saturated rings. The van der Waals surface area contributed by atoms with Gasteiger partial charge in [-0.05, 0) is 49.6 Å². The molecule has 3 rings (SSSR count). The summed E-state index contributed by atoms with van der Waals surface area (Å²) in [6.07, 6.45) is 3.27. The van der Waals surface area contributed by atoms with Crippen LogP contribution in [0.3, 0.4) is 0 Å². The fourth-order valence-corrected chi connectivity index (χ4v) is 3.20. The minimum Gasteiger partial charge on any atom is -0.487 e. The second-order valence-corrected chi connectivity index (χ2v) is 6.89. The minimum atomic E-state index is -0.0174. The first-order valence-corrected chi connectivity index (χ1v) is 9.22. The predicted octanol–water partition coefficient (Wildman–Crippen LogP) is 2.71. The number of rotatable bonds is 5. The molecular weight excluding hydrogens is 342 g/mol. The number of carbonyl (C=O) groups excluding carboxylic acids is 2. The van der Waals surface area contributed by atoms with Crippen LogP contribution < -0.4 is 10.1 Å². The van der Waals surface area contributed by atoms with Crippen molar-refractivity contribution in [3.05, 3.63) is 59.4 Å². The molecule has 2 heterocycles. The minimum absolute atomic E-state index is 0.0174. The van der Waals surface area contributed by atoms with Crippen LogP contribution in [0.4, 0.5) is 0 Å². The first-order valence-electron chi connectivity index (χ1n) is 9.22. The number of likely N-dealkylation sites (tertiary alicyclic amines) is 1. The summed E-state index contributed by atoms with van der Waals surface area (Å²) in [7, 11) is 0. The maximum Gasteiger partial charge on any atom is 0.253 e. The number of pyridine rings is 1. The smallest absolute Gasteiger partial charge is 0.253 e. The second-order valence-electron chi connectivity index (χ2n) is 6.89. The van der Waals surface area contributed by atoms with Gasteiger partial charge in [-0.2, -0.15) is 0 Å². The third-order valence-corrected chi connectivity index (χ3v) is 4.65. The average Bonchev–Trinajstić information content (AvgIpc) is 2.67. The molecule has 0 unspecified atom stereocenters. The maximum absolute atomic E-state index is 12.8. The standard InChI is InChI=1S/C21H25N3O3/c1-15-6-7-20(13-22-15)27-14-17-4-3-5-18(12-17)21(26)24-10-8-19(9-11-24)23-16(2)25/h3-7,12-13,19H,8-11,14H2,1-2H3,(H,23,25). The average molecular weight is 367 g/mol. The molecule has 0 bridgehead atoms. The van der Waals surface area contributed by atoms with Crippen LogP contribution in [0.15, 0.2) is 42.6 Å². The van der Waals surface area contributed by atoms with Gasteiger partial charge in [-0.1, -0.05) is 12.1 Å². The van der Waals surface area contributed by atoms with Crippen LogP contribution in [0.2, 0.25) is 0 Å². The Morgan fingerprint density at radius 2 is 2.00 bits per heavy atom. The van der Waals surface area contributed by atoms with E-state index in [1.165, 1.54) is 6.92 Å². The second kappa shape index (κ2) is 8.66. The summed E-state index contributed by atoms with van der Waals surface area (Å²) in [4.78, 5) is 30.0. The number of hydrogen-bond acceptors (Lipinski definition) is 4. The molecule has 0 saturated carbocycles. The SMILES string of the molecule is CC(=O)NC1CCN(C(=O)c2cccc(COc3ccc(C)nc3)c2)CC1. The first kappa shape index (κ1) is 18.9. The molecule has 1 aromatic carbocycles. The number of nitrogens with zero attached hydrogens (tertiary/aromatic N) is 2. The molecule has 142 valence electrons. The Labute approximate surface area is 159 Å². The number of benzene rings is 1. The van der Waals surface area contributed by atoms with E-state index in [-0.39, 0.29) is 17.9 Å². The Morgan fingerprint density at radius 1 is 1.22 bits per heavy atom. The summed E-state index contributed by atoms with van der Waals surface area (Å²) in [6.45, 7) is 5.14. The molecule has 1 aliphatic rings. The molecule has 2 aromatic rings. The van der Waals surface area contributed by atoms with Crippen molar-refractivity contribution >= 4 is 11.8 Å². The third-order valence-electron chi connectivity index (χ3n) is 4.65. The topological polar surface area (TPSA) is 71.5 Å². The molecule has 1 aliphatic heterocycles. The van der Waals surface area contributed by atoms with Crippen molar-refractivity contribution in [2.45, 2.75) is 39.3 Å². The van der Waals surface area contributed by atoms with Crippen molar-refractivity contribution in [1.29, 1.82) is 0 Å². The Hall–Kier alpha value is -2.89. The summed E-state index contributed by atoms with van der Waals surface area (Å²) in [6, 6.07) is 11.5. The van der Waals surface area contributed by atoms with E-state index in [1.807, 2.05) is 48.2 Å². The maximum atomic E-state index is 12.8. The van der Waals surface area contributed by atoms with E-state index in [2.05, 4.69) is 10.3 Å². The van der Waals surface area contributed by atoms with Crippen LogP contribution in [-0.2, 0) is 11.4 Å². The van der Waals surface area contributed by atoms with E-state index in [9.17, 15) is 9.59 Å². The third kappa shape index (κ3) is 5.29. The van der Waals surface area contributed by atoms with Gasteiger partial charge in [-0.15, -0.1) is 0 Å². The highest BCUT2D eigenvalue weighted by Gasteiger charge is 2.24. The summed E-state index contributed by atoms with van der Waals surface area (Å²) in [5, 5.41) is 2.93. The van der Waals surface area contributed by atoms with Crippen LogP contribution in [0.5, 0.6) is 5.75 Å². The zero-order valence-corrected chi connectivity index (χ0v) is 15.8. The molecule has 1 N–H and O–H groups in total. The Kier molecular flexibility index (Phi) is 6.06. The molecule has 27 heavy (non-hydrogen) atoms. The number of aromatic nitrogens is 1. The molecular formula is C21H25N3O3. The molecule has 0 aliphatic carbocycles. The molecule has 1 saturated heterocycles. The molecule has 0 radical (unpaired) electrons. The van der Waals surface area contributed by atoms with E-state index in [0.29, 0.717) is 31.0 Å². The molecule has 6 nitrogen and oxygen atoms in total. The van der Waals surface area contributed by atoms with E-state index in [0.717, 1.165) is 24.1 Å². The number of ether oxygens (including phenoxy) is 1. The van der Waals surface area contributed by atoms with E-state index in [4.69, 9.17) is 4.74 Å². The summed E-state index contributed by atoms with van der Waals surface area (Å²) in [5.74, 6) is 0.712. The van der Waals surface area contributed by atoms with Crippen LogP contribution in [0.1, 0.15) is 41.4 Å². The highest BCUT2D eigenvalue weighted by atomic mass is 16.5. The van der Waals surface area contributed by atoms with E-state index < -0.39 is 0 Å². The highest BCUT2D eigenvalue weighted by molar-refractivity contribution is 5.94. The Bertz CT molecular complexity index is 797. The lowest BCUT2D eigenvalue weighted by molar-refractivity contribution is -0.119. The zero-order valence-electron chi connectivity index (χ0n) is 15.8. The van der Waals surface area contributed by atoms with E-state index >= 15 is 0 Å². The number of nitrogens with one attached hydrogen (secondary N) is 1. The van der Waals surface area contributed by atoms with Crippen molar-refractivity contribution in [2.75, 3.05) is 13.1 Å². The monoisotopic (exact) mass is 367 g/mol. The van der Waals surface area contributed by atoms with Crippen LogP contribution in [0, 0.1) is 6.92 Å². The van der Waals surface area contributed by atoms with Gasteiger partial charge in [0, 0.05) is 37.3 Å². The van der Waals surface area contributed by atoms with Crippen molar-refractivity contribution in [2.24, 2.45) is 0 Å². The van der Waals surface area contributed by atoms with Gasteiger partial charge in [-0.3, -0.25) is 14.6 Å². The lowest BCUT2D eigenvalue weighted by Crippen LogP contribution is -2.46. The normalized spacial score (nSPS) is 14.7. The summed E-state index contributed by atoms with van der Waals surface area (Å²) < 4.78 is 5.75. The van der Waals surface area contributed by atoms with E-state index in [1.54, 1.807) is 6.20 Å². The molecule has 0 atom stereocenters. The van der Waals surface area contributed by atoms with Gasteiger partial charge in [0.1, 0.15) is 12.4 Å². The lowest BCUT2D eigenvalue weighted by atomic mass is 10.0. The van der Waals surface area contributed by atoms with Gasteiger partial charge in [0.2, 0.25) is 5.91 Å². The van der Waals surface area contributed by atoms with Crippen LogP contribution in [-0.4, -0.2) is 40.8 Å². The summed E-state index contributed by atoms with van der Waals surface area (Å²) >= 11 is 0. The molecule has 0 spiro atoms. The van der Waals surface area contributed by atoms with Gasteiger partial charge in [0.15, 0.2) is 0 Å². The van der Waals surface area contributed by atoms with Gasteiger partial charge in [0.25, 0.3) is 5.91 Å². The van der Waals surface area contributed by atoms with Crippen LogP contribution >= 0.6 is 0 Å². The van der Waals surface area contributed by atoms with Gasteiger partial charge >= 0.3 is 0 Å². The zero-order chi connectivity index (χ0) is 19.2. The number of amides is 2. The van der Waals surface area contributed by atoms with Crippen molar-refractivity contribution in [3.8, 4) is 5.75 Å². The molecule has 2 amide bonds. The quantitative estimate of drug-likeness (QED) is 0.882. The largest absolute Gasteiger partial charge is 0.487 e. The van der Waals surface area contributed by atoms with Crippen molar-refractivity contribution in [1.82, 2.24) is 15.2 Å². The molecule has 1 aromatic heterocycles. The molecule has 6 heteroatoms. The predicted molar refractivity (Wildman–Crippen MR) is 102 cm³/mol. The number of aryl methyl sites for hydroxylation is 1. The fourth-order valence-electron chi connectivity index (χ4n) is 3.20. The van der Waals surface area contributed by atoms with Gasteiger partial charge < -0.3 is 15.0 Å². The fraction of sp³-hybridized carbons (Fsp3) is 0.381. The first-order chi connectivity index (χ1) is 13.0. The number of hydrogen-bond donors (Lipinski definition) is 1.